The number of nitrogens with one attached hydrogen (secondary N) is 2. The van der Waals surface area contributed by atoms with Gasteiger partial charge in [0.05, 0.1) is 0 Å². The molecule has 0 saturated heterocycles. The Morgan fingerprint density at radius 2 is 2.12 bits per heavy atom. The van der Waals surface area contributed by atoms with Gasteiger partial charge in [-0.3, -0.25) is 0 Å². The van der Waals surface area contributed by atoms with Crippen LogP contribution in [0.5, 0.6) is 0 Å². The number of hydrazine groups is 1. The highest BCUT2D eigenvalue weighted by molar-refractivity contribution is 6.30. The summed E-state index contributed by atoms with van der Waals surface area (Å²) < 4.78 is 0. The average molecular weight is 249 g/mol. The molecule has 0 saturated carbocycles. The predicted molar refractivity (Wildman–Crippen MR) is 70.8 cm³/mol. The predicted octanol–water partition coefficient (Wildman–Crippen LogP) is 2.63. The maximum absolute atomic E-state index is 5.91. The summed E-state index contributed by atoms with van der Waals surface area (Å²) >= 11 is 5.91. The first-order valence-electron chi connectivity index (χ1n) is 5.19. The molecule has 2 rings (SSSR count). The summed E-state index contributed by atoms with van der Waals surface area (Å²) in [6.07, 6.45) is 1.69. The largest absolute Gasteiger partial charge is 0.381 e. The zero-order valence-corrected chi connectivity index (χ0v) is 9.91. The summed E-state index contributed by atoms with van der Waals surface area (Å²) in [6.45, 7) is 0.703. The number of nitrogen functional groups attached to an aromatic ring is 1. The van der Waals surface area contributed by atoms with Crippen molar-refractivity contribution in [2.75, 3.05) is 10.7 Å². The molecular weight excluding hydrogens is 236 g/mol. The summed E-state index contributed by atoms with van der Waals surface area (Å²) in [4.78, 5) is 4.03. The molecule has 5 heteroatoms. The molecule has 0 radical (unpaired) electrons. The Hall–Kier alpha value is -1.78. The van der Waals surface area contributed by atoms with Crippen LogP contribution >= 0.6 is 11.6 Å². The molecule has 0 spiro atoms. The van der Waals surface area contributed by atoms with Gasteiger partial charge in [-0.2, -0.15) is 0 Å². The van der Waals surface area contributed by atoms with E-state index >= 15 is 0 Å². The van der Waals surface area contributed by atoms with Gasteiger partial charge in [0.2, 0.25) is 0 Å². The fraction of sp³-hybridized carbons (Fsp3) is 0.0833. The van der Waals surface area contributed by atoms with Gasteiger partial charge in [-0.25, -0.2) is 10.8 Å². The molecule has 1 heterocycles. The van der Waals surface area contributed by atoms with E-state index in [1.807, 2.05) is 36.4 Å². The lowest BCUT2D eigenvalue weighted by atomic mass is 10.2. The Labute approximate surface area is 105 Å². The molecular formula is C12H13ClN4. The maximum Gasteiger partial charge on any atom is 0.141 e. The Bertz CT molecular complexity index is 501. The lowest BCUT2D eigenvalue weighted by Crippen LogP contribution is -2.09. The van der Waals surface area contributed by atoms with Crippen LogP contribution in [0, 0.1) is 0 Å². The van der Waals surface area contributed by atoms with Crippen LogP contribution in [0.25, 0.3) is 0 Å². The van der Waals surface area contributed by atoms with E-state index in [4.69, 9.17) is 17.4 Å². The van der Waals surface area contributed by atoms with Gasteiger partial charge in [0.25, 0.3) is 0 Å². The minimum Gasteiger partial charge on any atom is -0.381 e. The summed E-state index contributed by atoms with van der Waals surface area (Å²) in [5.74, 6) is 5.91. The minimum absolute atomic E-state index is 0.626. The van der Waals surface area contributed by atoms with Gasteiger partial charge in [0.15, 0.2) is 0 Å². The smallest absolute Gasteiger partial charge is 0.141 e. The molecule has 0 aliphatic rings. The number of anilines is 2. The number of aromatic nitrogens is 1. The van der Waals surface area contributed by atoms with Crippen molar-refractivity contribution >= 4 is 23.1 Å². The molecule has 0 bridgehead atoms. The number of hydrogen-bond donors (Lipinski definition) is 3. The Balaban J connectivity index is 2.02. The molecule has 17 heavy (non-hydrogen) atoms. The van der Waals surface area contributed by atoms with Gasteiger partial charge in [-0.05, 0) is 23.8 Å². The van der Waals surface area contributed by atoms with Crippen molar-refractivity contribution in [2.24, 2.45) is 5.84 Å². The number of pyridine rings is 1. The van der Waals surface area contributed by atoms with Gasteiger partial charge < -0.3 is 10.7 Å². The zero-order chi connectivity index (χ0) is 12.1. The van der Waals surface area contributed by atoms with Crippen LogP contribution in [0.4, 0.5) is 11.5 Å². The van der Waals surface area contributed by atoms with E-state index in [2.05, 4.69) is 15.7 Å². The molecule has 4 nitrogen and oxygen atoms in total. The van der Waals surface area contributed by atoms with Crippen LogP contribution in [0.3, 0.4) is 0 Å². The normalized spacial score (nSPS) is 10.0. The number of halogens is 1. The van der Waals surface area contributed by atoms with Crippen molar-refractivity contribution in [1.82, 2.24) is 4.98 Å². The van der Waals surface area contributed by atoms with E-state index < -0.39 is 0 Å². The van der Waals surface area contributed by atoms with Crippen molar-refractivity contribution in [2.45, 2.75) is 6.54 Å². The van der Waals surface area contributed by atoms with Gasteiger partial charge >= 0.3 is 0 Å². The third-order valence-electron chi connectivity index (χ3n) is 2.29. The first kappa shape index (κ1) is 11.7. The van der Waals surface area contributed by atoms with Crippen LogP contribution < -0.4 is 16.6 Å². The van der Waals surface area contributed by atoms with Crippen molar-refractivity contribution in [3.05, 3.63) is 53.2 Å². The zero-order valence-electron chi connectivity index (χ0n) is 9.15. The first-order valence-corrected chi connectivity index (χ1v) is 5.57. The van der Waals surface area contributed by atoms with Crippen LogP contribution in [-0.4, -0.2) is 4.98 Å². The second-order valence-electron chi connectivity index (χ2n) is 3.56. The highest BCUT2D eigenvalue weighted by Gasteiger charge is 1.97. The molecule has 2 aromatic rings. The van der Waals surface area contributed by atoms with E-state index in [0.29, 0.717) is 12.4 Å². The van der Waals surface area contributed by atoms with E-state index in [-0.39, 0.29) is 0 Å². The molecule has 0 aliphatic carbocycles. The summed E-state index contributed by atoms with van der Waals surface area (Å²) in [5, 5.41) is 4.01. The van der Waals surface area contributed by atoms with Crippen molar-refractivity contribution in [3.63, 3.8) is 0 Å². The second kappa shape index (κ2) is 5.52. The number of benzene rings is 1. The maximum atomic E-state index is 5.91. The van der Waals surface area contributed by atoms with E-state index in [1.54, 1.807) is 6.20 Å². The van der Waals surface area contributed by atoms with Crippen LogP contribution in [0.2, 0.25) is 5.02 Å². The van der Waals surface area contributed by atoms with Crippen molar-refractivity contribution in [3.8, 4) is 0 Å². The number of rotatable bonds is 4. The van der Waals surface area contributed by atoms with Gasteiger partial charge in [-0.1, -0.05) is 23.7 Å². The van der Waals surface area contributed by atoms with E-state index in [9.17, 15) is 0 Å². The number of nitrogens with two attached hydrogens (primary N) is 1. The van der Waals surface area contributed by atoms with Gasteiger partial charge in [0.1, 0.15) is 5.82 Å². The standard InChI is InChI=1S/C12H13ClN4/c13-10-3-1-2-9(6-10)8-16-11-4-5-15-12(7-11)17-14/h1-7H,8,14H2,(H2,15,16,17). The lowest BCUT2D eigenvalue weighted by molar-refractivity contribution is 1.14. The third kappa shape index (κ3) is 3.34. The molecule has 88 valence electrons. The monoisotopic (exact) mass is 248 g/mol. The highest BCUT2D eigenvalue weighted by atomic mass is 35.5. The number of hydrogen-bond acceptors (Lipinski definition) is 4. The molecule has 0 atom stereocenters. The van der Waals surface area contributed by atoms with E-state index in [0.717, 1.165) is 16.3 Å². The molecule has 4 N–H and O–H groups in total. The topological polar surface area (TPSA) is 63.0 Å². The van der Waals surface area contributed by atoms with Gasteiger partial charge in [-0.15, -0.1) is 0 Å². The molecule has 0 aliphatic heterocycles. The van der Waals surface area contributed by atoms with E-state index in [1.165, 1.54) is 0 Å². The van der Waals surface area contributed by atoms with Crippen molar-refractivity contribution < 1.29 is 0 Å². The van der Waals surface area contributed by atoms with Gasteiger partial charge in [0, 0.05) is 29.5 Å². The Kier molecular flexibility index (Phi) is 3.80. The summed E-state index contributed by atoms with van der Waals surface area (Å²) in [7, 11) is 0. The van der Waals surface area contributed by atoms with Crippen LogP contribution in [0.15, 0.2) is 42.6 Å². The Morgan fingerprint density at radius 3 is 2.88 bits per heavy atom. The van der Waals surface area contributed by atoms with Crippen molar-refractivity contribution in [1.29, 1.82) is 0 Å². The molecule has 0 unspecified atom stereocenters. The minimum atomic E-state index is 0.626. The molecule has 1 aromatic heterocycles. The lowest BCUT2D eigenvalue weighted by Gasteiger charge is -2.08. The number of nitrogens with zero attached hydrogens (tertiary/aromatic N) is 1. The first-order chi connectivity index (χ1) is 8.28. The van der Waals surface area contributed by atoms with Crippen LogP contribution in [-0.2, 0) is 6.54 Å². The Morgan fingerprint density at radius 1 is 1.24 bits per heavy atom. The summed E-state index contributed by atoms with van der Waals surface area (Å²) in [6, 6.07) is 11.4. The SMILES string of the molecule is NNc1cc(NCc2cccc(Cl)c2)ccn1. The molecule has 1 aromatic carbocycles. The third-order valence-corrected chi connectivity index (χ3v) is 2.53. The van der Waals surface area contributed by atoms with Crippen LogP contribution in [0.1, 0.15) is 5.56 Å². The second-order valence-corrected chi connectivity index (χ2v) is 3.99. The highest BCUT2D eigenvalue weighted by Crippen LogP contribution is 2.14. The molecule has 0 fully saturated rings. The molecule has 0 amide bonds. The average Bonchev–Trinajstić information content (AvgIpc) is 2.37. The fourth-order valence-electron chi connectivity index (χ4n) is 1.47. The fourth-order valence-corrected chi connectivity index (χ4v) is 1.68. The quantitative estimate of drug-likeness (QED) is 0.575. The summed E-state index contributed by atoms with van der Waals surface area (Å²) in [5.41, 5.74) is 4.58.